The molecule has 0 N–H and O–H groups in total. The van der Waals surface area contributed by atoms with Gasteiger partial charge < -0.3 is 14.2 Å². The Balaban J connectivity index is 1.55. The van der Waals surface area contributed by atoms with Crippen molar-refractivity contribution in [2.24, 2.45) is 0 Å². The van der Waals surface area contributed by atoms with Crippen LogP contribution in [0, 0.1) is 0 Å². The molecule has 0 bridgehead atoms. The number of nitrogens with zero attached hydrogens (tertiary/aromatic N) is 3. The van der Waals surface area contributed by atoms with Crippen LogP contribution in [0.15, 0.2) is 53.1 Å². The lowest BCUT2D eigenvalue weighted by atomic mass is 10.1. The van der Waals surface area contributed by atoms with E-state index in [-0.39, 0.29) is 11.8 Å². The highest BCUT2D eigenvalue weighted by Gasteiger charge is 2.35. The summed E-state index contributed by atoms with van der Waals surface area (Å²) in [6.07, 6.45) is 0.320. The monoisotopic (exact) mass is 369 g/mol. The summed E-state index contributed by atoms with van der Waals surface area (Å²) >= 11 is 6.18. The van der Waals surface area contributed by atoms with Gasteiger partial charge in [0.05, 0.1) is 18.1 Å². The van der Waals surface area contributed by atoms with E-state index < -0.39 is 0 Å². The molecule has 7 heteroatoms. The van der Waals surface area contributed by atoms with Gasteiger partial charge in [-0.1, -0.05) is 47.1 Å². The number of aromatic nitrogens is 2. The average molecular weight is 370 g/mol. The van der Waals surface area contributed by atoms with Crippen LogP contribution in [0.2, 0.25) is 5.02 Å². The van der Waals surface area contributed by atoms with Crippen LogP contribution in [0.3, 0.4) is 0 Å². The molecule has 0 unspecified atom stereocenters. The van der Waals surface area contributed by atoms with E-state index >= 15 is 0 Å². The largest absolute Gasteiger partial charge is 0.495 e. The number of halogens is 1. The molecule has 4 rings (SSSR count). The highest BCUT2D eigenvalue weighted by Crippen LogP contribution is 2.35. The van der Waals surface area contributed by atoms with Gasteiger partial charge in [-0.2, -0.15) is 4.98 Å². The molecule has 1 amide bonds. The first-order valence-corrected chi connectivity index (χ1v) is 8.56. The van der Waals surface area contributed by atoms with Crippen LogP contribution >= 0.6 is 11.6 Å². The Morgan fingerprint density at radius 3 is 2.77 bits per heavy atom. The van der Waals surface area contributed by atoms with Crippen LogP contribution in [0.1, 0.15) is 18.2 Å². The number of carbonyl (C=O) groups is 1. The van der Waals surface area contributed by atoms with Crippen LogP contribution in [-0.2, 0) is 4.79 Å². The first-order valence-electron chi connectivity index (χ1n) is 8.18. The van der Waals surface area contributed by atoms with Crippen LogP contribution in [-0.4, -0.2) is 29.7 Å². The van der Waals surface area contributed by atoms with Gasteiger partial charge in [0, 0.05) is 24.2 Å². The summed E-state index contributed by atoms with van der Waals surface area (Å²) < 4.78 is 10.6. The molecule has 0 radical (unpaired) electrons. The van der Waals surface area contributed by atoms with Gasteiger partial charge in [-0.25, -0.2) is 0 Å². The Morgan fingerprint density at radius 2 is 2.04 bits per heavy atom. The third-order valence-electron chi connectivity index (χ3n) is 4.40. The number of methoxy groups -OCH3 is 1. The molecule has 1 aliphatic heterocycles. The lowest BCUT2D eigenvalue weighted by molar-refractivity contribution is -0.117. The van der Waals surface area contributed by atoms with Crippen molar-refractivity contribution in [1.29, 1.82) is 0 Å². The Hall–Kier alpha value is -2.86. The third-order valence-corrected chi connectivity index (χ3v) is 4.69. The van der Waals surface area contributed by atoms with Gasteiger partial charge in [-0.05, 0) is 18.2 Å². The zero-order chi connectivity index (χ0) is 18.1. The van der Waals surface area contributed by atoms with Crippen molar-refractivity contribution >= 4 is 23.2 Å². The van der Waals surface area contributed by atoms with Gasteiger partial charge in [-0.15, -0.1) is 0 Å². The quantitative estimate of drug-likeness (QED) is 0.697. The zero-order valence-electron chi connectivity index (χ0n) is 14.1. The van der Waals surface area contributed by atoms with Gasteiger partial charge in [0.15, 0.2) is 0 Å². The maximum Gasteiger partial charge on any atom is 0.232 e. The molecule has 2 aromatic carbocycles. The average Bonchev–Trinajstić information content (AvgIpc) is 3.29. The van der Waals surface area contributed by atoms with Crippen LogP contribution in [0.4, 0.5) is 5.69 Å². The van der Waals surface area contributed by atoms with Gasteiger partial charge in [0.1, 0.15) is 5.75 Å². The molecule has 6 nitrogen and oxygen atoms in total. The lowest BCUT2D eigenvalue weighted by Crippen LogP contribution is -2.24. The maximum atomic E-state index is 12.5. The van der Waals surface area contributed by atoms with E-state index in [1.807, 2.05) is 36.4 Å². The van der Waals surface area contributed by atoms with E-state index in [0.717, 1.165) is 11.3 Å². The smallest absolute Gasteiger partial charge is 0.232 e. The van der Waals surface area contributed by atoms with E-state index in [0.29, 0.717) is 35.5 Å². The summed E-state index contributed by atoms with van der Waals surface area (Å²) in [5.41, 5.74) is 1.61. The minimum Gasteiger partial charge on any atom is -0.495 e. The summed E-state index contributed by atoms with van der Waals surface area (Å²) in [6.45, 7) is 0.470. The molecule has 0 spiro atoms. The third kappa shape index (κ3) is 3.04. The normalized spacial score (nSPS) is 16.9. The fourth-order valence-corrected chi connectivity index (χ4v) is 3.30. The minimum atomic E-state index is -0.145. The molecule has 3 aromatic rings. The van der Waals surface area contributed by atoms with Gasteiger partial charge in [0.25, 0.3) is 0 Å². The Kier molecular flexibility index (Phi) is 4.34. The van der Waals surface area contributed by atoms with Crippen molar-refractivity contribution in [3.8, 4) is 17.1 Å². The molecule has 1 atom stereocenters. The molecule has 1 fully saturated rings. The van der Waals surface area contributed by atoms with E-state index in [4.69, 9.17) is 20.9 Å². The fourth-order valence-electron chi connectivity index (χ4n) is 3.05. The Morgan fingerprint density at radius 1 is 1.23 bits per heavy atom. The fraction of sp³-hybridized carbons (Fsp3) is 0.211. The number of rotatable bonds is 4. The topological polar surface area (TPSA) is 68.5 Å². The molecular formula is C19H16ClN3O3. The van der Waals surface area contributed by atoms with Crippen LogP contribution in [0.5, 0.6) is 5.75 Å². The Labute approximate surface area is 155 Å². The number of ether oxygens (including phenoxy) is 1. The molecule has 1 aliphatic rings. The standard InChI is InChI=1S/C19H16ClN3O3/c1-25-16-8-7-14(10-15(16)20)23-11-13(9-17(23)24)19-21-18(22-26-19)12-5-3-2-4-6-12/h2-8,10,13H,9,11H2,1H3/t13-/m1/s1. The first-order chi connectivity index (χ1) is 12.7. The maximum absolute atomic E-state index is 12.5. The molecule has 2 heterocycles. The predicted octanol–water partition coefficient (Wildman–Crippen LogP) is 3.92. The van der Waals surface area contributed by atoms with E-state index in [2.05, 4.69) is 10.1 Å². The van der Waals surface area contributed by atoms with E-state index in [1.54, 1.807) is 24.1 Å². The summed E-state index contributed by atoms with van der Waals surface area (Å²) in [6, 6.07) is 14.9. The Bertz CT molecular complexity index is 942. The highest BCUT2D eigenvalue weighted by atomic mass is 35.5. The molecule has 1 saturated heterocycles. The van der Waals surface area contributed by atoms with Crippen molar-refractivity contribution in [2.45, 2.75) is 12.3 Å². The van der Waals surface area contributed by atoms with Crippen molar-refractivity contribution in [2.75, 3.05) is 18.6 Å². The highest BCUT2D eigenvalue weighted by molar-refractivity contribution is 6.32. The molecule has 0 saturated carbocycles. The number of hydrogen-bond donors (Lipinski definition) is 0. The number of benzene rings is 2. The number of anilines is 1. The molecule has 26 heavy (non-hydrogen) atoms. The molecule has 1 aromatic heterocycles. The van der Waals surface area contributed by atoms with Crippen molar-refractivity contribution in [3.63, 3.8) is 0 Å². The molecule has 0 aliphatic carbocycles. The zero-order valence-corrected chi connectivity index (χ0v) is 14.8. The minimum absolute atomic E-state index is 0.00399. The van der Waals surface area contributed by atoms with E-state index in [1.165, 1.54) is 0 Å². The number of hydrogen-bond acceptors (Lipinski definition) is 5. The van der Waals surface area contributed by atoms with Gasteiger partial charge >= 0.3 is 0 Å². The lowest BCUT2D eigenvalue weighted by Gasteiger charge is -2.17. The second-order valence-electron chi connectivity index (χ2n) is 6.05. The van der Waals surface area contributed by atoms with Gasteiger partial charge in [-0.3, -0.25) is 4.79 Å². The van der Waals surface area contributed by atoms with Crippen LogP contribution in [0.25, 0.3) is 11.4 Å². The summed E-state index contributed by atoms with van der Waals surface area (Å²) in [4.78, 5) is 18.6. The van der Waals surface area contributed by atoms with Crippen LogP contribution < -0.4 is 9.64 Å². The summed E-state index contributed by atoms with van der Waals surface area (Å²) in [7, 11) is 1.55. The second-order valence-corrected chi connectivity index (χ2v) is 6.45. The van der Waals surface area contributed by atoms with Gasteiger partial charge in [0.2, 0.25) is 17.6 Å². The van der Waals surface area contributed by atoms with Crippen molar-refractivity contribution in [1.82, 2.24) is 10.1 Å². The second kappa shape index (κ2) is 6.80. The first kappa shape index (κ1) is 16.6. The molecule has 132 valence electrons. The summed E-state index contributed by atoms with van der Waals surface area (Å²) in [5.74, 6) is 1.42. The summed E-state index contributed by atoms with van der Waals surface area (Å²) in [5, 5.41) is 4.50. The number of carbonyl (C=O) groups excluding carboxylic acids is 1. The predicted molar refractivity (Wildman–Crippen MR) is 97.4 cm³/mol. The SMILES string of the molecule is COc1ccc(N2C[C@H](c3nc(-c4ccccc4)no3)CC2=O)cc1Cl. The van der Waals surface area contributed by atoms with Crippen molar-refractivity contribution < 1.29 is 14.1 Å². The van der Waals surface area contributed by atoms with E-state index in [9.17, 15) is 4.79 Å². The molecular weight excluding hydrogens is 354 g/mol. The van der Waals surface area contributed by atoms with Crippen molar-refractivity contribution in [3.05, 3.63) is 59.4 Å². The number of amides is 1.